The minimum Gasteiger partial charge on any atom is -0.293 e. The van der Waals surface area contributed by atoms with E-state index in [0.29, 0.717) is 6.04 Å². The second-order valence-corrected chi connectivity index (χ2v) is 3.26. The maximum atomic E-state index is 2.37. The SMILES string of the molecule is C[C@H]1C(c2ccccc2)N1C. The Morgan fingerprint density at radius 1 is 1.18 bits per heavy atom. The molecule has 1 heterocycles. The van der Waals surface area contributed by atoms with Crippen molar-refractivity contribution >= 4 is 0 Å². The fourth-order valence-corrected chi connectivity index (χ4v) is 1.66. The smallest absolute Gasteiger partial charge is 0.0501 e. The van der Waals surface area contributed by atoms with Gasteiger partial charge < -0.3 is 0 Å². The van der Waals surface area contributed by atoms with Crippen molar-refractivity contribution in [1.82, 2.24) is 4.90 Å². The van der Waals surface area contributed by atoms with Crippen LogP contribution in [0.2, 0.25) is 0 Å². The van der Waals surface area contributed by atoms with E-state index < -0.39 is 0 Å². The number of benzene rings is 1. The molecule has 1 aromatic rings. The molecule has 0 aromatic heterocycles. The van der Waals surface area contributed by atoms with Crippen LogP contribution in [0.25, 0.3) is 0 Å². The summed E-state index contributed by atoms with van der Waals surface area (Å²) in [5.41, 5.74) is 1.45. The molecule has 0 radical (unpaired) electrons. The van der Waals surface area contributed by atoms with E-state index in [4.69, 9.17) is 0 Å². The van der Waals surface area contributed by atoms with Gasteiger partial charge in [-0.05, 0) is 19.5 Å². The first-order valence-corrected chi connectivity index (χ1v) is 4.07. The summed E-state index contributed by atoms with van der Waals surface area (Å²) in [7, 11) is 2.17. The van der Waals surface area contributed by atoms with Crippen molar-refractivity contribution in [3.05, 3.63) is 35.9 Å². The van der Waals surface area contributed by atoms with Gasteiger partial charge in [0, 0.05) is 6.04 Å². The Balaban J connectivity index is 2.20. The third-order valence-electron chi connectivity index (χ3n) is 2.59. The van der Waals surface area contributed by atoms with E-state index in [0.717, 1.165) is 6.04 Å². The van der Waals surface area contributed by atoms with Crippen LogP contribution < -0.4 is 0 Å². The number of hydrogen-bond acceptors (Lipinski definition) is 1. The highest BCUT2D eigenvalue weighted by atomic mass is 15.3. The van der Waals surface area contributed by atoms with Gasteiger partial charge in [-0.15, -0.1) is 0 Å². The Kier molecular flexibility index (Phi) is 1.46. The van der Waals surface area contributed by atoms with Gasteiger partial charge in [0.05, 0.1) is 6.04 Å². The third-order valence-corrected chi connectivity index (χ3v) is 2.59. The highest BCUT2D eigenvalue weighted by molar-refractivity contribution is 5.25. The Labute approximate surface area is 67.6 Å². The molecule has 0 amide bonds. The van der Waals surface area contributed by atoms with Gasteiger partial charge in [-0.25, -0.2) is 0 Å². The zero-order valence-electron chi connectivity index (χ0n) is 6.99. The van der Waals surface area contributed by atoms with Crippen LogP contribution in [-0.4, -0.2) is 18.0 Å². The van der Waals surface area contributed by atoms with Crippen LogP contribution in [0.15, 0.2) is 30.3 Å². The highest BCUT2D eigenvalue weighted by Crippen LogP contribution is 2.40. The molecule has 0 bridgehead atoms. The maximum absolute atomic E-state index is 2.37. The van der Waals surface area contributed by atoms with E-state index >= 15 is 0 Å². The summed E-state index contributed by atoms with van der Waals surface area (Å²) in [6, 6.07) is 12.1. The lowest BCUT2D eigenvalue weighted by Gasteiger charge is -1.95. The molecule has 1 nitrogen and oxygen atoms in total. The molecule has 1 aromatic carbocycles. The van der Waals surface area contributed by atoms with Gasteiger partial charge in [0.2, 0.25) is 0 Å². The van der Waals surface area contributed by atoms with Crippen LogP contribution in [0.5, 0.6) is 0 Å². The van der Waals surface area contributed by atoms with Crippen LogP contribution in [0, 0.1) is 0 Å². The Hall–Kier alpha value is -0.820. The topological polar surface area (TPSA) is 3.01 Å². The zero-order valence-corrected chi connectivity index (χ0v) is 6.99. The quantitative estimate of drug-likeness (QED) is 0.549. The molecule has 1 saturated heterocycles. The second kappa shape index (κ2) is 2.35. The summed E-state index contributed by atoms with van der Waals surface area (Å²) in [6.07, 6.45) is 0. The summed E-state index contributed by atoms with van der Waals surface area (Å²) < 4.78 is 0. The van der Waals surface area contributed by atoms with E-state index in [1.54, 1.807) is 0 Å². The molecular weight excluding hydrogens is 134 g/mol. The van der Waals surface area contributed by atoms with Crippen LogP contribution in [0.1, 0.15) is 18.5 Å². The first-order valence-electron chi connectivity index (χ1n) is 4.07. The van der Waals surface area contributed by atoms with Gasteiger partial charge in [0.25, 0.3) is 0 Å². The van der Waals surface area contributed by atoms with Crippen LogP contribution in [-0.2, 0) is 0 Å². The van der Waals surface area contributed by atoms with E-state index in [1.807, 2.05) is 0 Å². The fourth-order valence-electron chi connectivity index (χ4n) is 1.66. The van der Waals surface area contributed by atoms with Crippen LogP contribution in [0.4, 0.5) is 0 Å². The molecule has 0 aliphatic carbocycles. The Morgan fingerprint density at radius 2 is 1.73 bits per heavy atom. The van der Waals surface area contributed by atoms with Crippen molar-refractivity contribution in [2.75, 3.05) is 7.05 Å². The van der Waals surface area contributed by atoms with Gasteiger partial charge in [-0.3, -0.25) is 4.90 Å². The fraction of sp³-hybridized carbons (Fsp3) is 0.400. The number of hydrogen-bond donors (Lipinski definition) is 0. The van der Waals surface area contributed by atoms with Crippen molar-refractivity contribution < 1.29 is 0 Å². The molecule has 0 saturated carbocycles. The molecule has 58 valence electrons. The molecular formula is C10H13N. The summed E-state index contributed by atoms with van der Waals surface area (Å²) in [5, 5.41) is 0. The molecule has 0 spiro atoms. The predicted octanol–water partition coefficient (Wildman–Crippen LogP) is 2.06. The summed E-state index contributed by atoms with van der Waals surface area (Å²) in [5.74, 6) is 0. The lowest BCUT2D eigenvalue weighted by Crippen LogP contribution is -1.86. The standard InChI is InChI=1S/C10H13N/c1-8-10(11(8)2)9-6-4-3-5-7-9/h3-8,10H,1-2H3/t8-,10?,11?/m0/s1. The zero-order chi connectivity index (χ0) is 7.84. The van der Waals surface area contributed by atoms with E-state index in [-0.39, 0.29) is 0 Å². The third kappa shape index (κ3) is 1.05. The first kappa shape index (κ1) is 6.86. The minimum absolute atomic E-state index is 0.677. The molecule has 11 heavy (non-hydrogen) atoms. The molecule has 1 heteroatoms. The molecule has 1 fully saturated rings. The van der Waals surface area contributed by atoms with E-state index in [1.165, 1.54) is 5.56 Å². The van der Waals surface area contributed by atoms with Crippen molar-refractivity contribution in [3.63, 3.8) is 0 Å². The molecule has 3 atom stereocenters. The average molecular weight is 147 g/mol. The first-order chi connectivity index (χ1) is 5.30. The van der Waals surface area contributed by atoms with Crippen LogP contribution in [0.3, 0.4) is 0 Å². The number of nitrogens with zero attached hydrogens (tertiary/aromatic N) is 1. The maximum Gasteiger partial charge on any atom is 0.0501 e. The van der Waals surface area contributed by atoms with Crippen LogP contribution >= 0.6 is 0 Å². The van der Waals surface area contributed by atoms with Gasteiger partial charge in [0.1, 0.15) is 0 Å². The van der Waals surface area contributed by atoms with Gasteiger partial charge in [-0.1, -0.05) is 30.3 Å². The van der Waals surface area contributed by atoms with Crippen molar-refractivity contribution in [2.45, 2.75) is 19.0 Å². The molecule has 1 aliphatic heterocycles. The van der Waals surface area contributed by atoms with Crippen molar-refractivity contribution in [1.29, 1.82) is 0 Å². The predicted molar refractivity (Wildman–Crippen MR) is 46.4 cm³/mol. The summed E-state index contributed by atoms with van der Waals surface area (Å²) >= 11 is 0. The molecule has 1 aliphatic rings. The second-order valence-electron chi connectivity index (χ2n) is 3.26. The van der Waals surface area contributed by atoms with Gasteiger partial charge in [0.15, 0.2) is 0 Å². The highest BCUT2D eigenvalue weighted by Gasteiger charge is 2.40. The molecule has 0 N–H and O–H groups in total. The van der Waals surface area contributed by atoms with E-state index in [9.17, 15) is 0 Å². The minimum atomic E-state index is 0.677. The van der Waals surface area contributed by atoms with E-state index in [2.05, 4.69) is 49.2 Å². The number of likely N-dealkylation sites (N-methyl/N-ethyl adjacent to an activating group) is 1. The Bertz CT molecular complexity index is 234. The monoisotopic (exact) mass is 147 g/mol. The molecule has 2 rings (SSSR count). The average Bonchev–Trinajstić information content (AvgIpc) is 2.62. The van der Waals surface area contributed by atoms with Crippen molar-refractivity contribution in [3.8, 4) is 0 Å². The number of rotatable bonds is 1. The van der Waals surface area contributed by atoms with Gasteiger partial charge >= 0.3 is 0 Å². The lowest BCUT2D eigenvalue weighted by molar-refractivity contribution is 0.600. The Morgan fingerprint density at radius 3 is 2.18 bits per heavy atom. The largest absolute Gasteiger partial charge is 0.293 e. The normalized spacial score (nSPS) is 35.3. The summed E-state index contributed by atoms with van der Waals surface area (Å²) in [4.78, 5) is 2.37. The molecule has 2 unspecified atom stereocenters. The summed E-state index contributed by atoms with van der Waals surface area (Å²) in [6.45, 7) is 2.26. The van der Waals surface area contributed by atoms with Crippen molar-refractivity contribution in [2.24, 2.45) is 0 Å². The van der Waals surface area contributed by atoms with Gasteiger partial charge in [-0.2, -0.15) is 0 Å². The lowest BCUT2D eigenvalue weighted by atomic mass is 10.1.